The predicted molar refractivity (Wildman–Crippen MR) is 120 cm³/mol. The van der Waals surface area contributed by atoms with Gasteiger partial charge in [0.2, 0.25) is 10.0 Å². The zero-order valence-electron chi connectivity index (χ0n) is 18.0. The van der Waals surface area contributed by atoms with Crippen LogP contribution in [0.15, 0.2) is 59.5 Å². The van der Waals surface area contributed by atoms with E-state index < -0.39 is 10.0 Å². The minimum Gasteiger partial charge on any atom is -0.373 e. The van der Waals surface area contributed by atoms with E-state index in [4.69, 9.17) is 4.74 Å². The van der Waals surface area contributed by atoms with Crippen LogP contribution in [0.4, 0.5) is 5.69 Å². The third-order valence-corrected chi connectivity index (χ3v) is 7.66. The Morgan fingerprint density at radius 1 is 0.871 bits per heavy atom. The fourth-order valence-electron chi connectivity index (χ4n) is 4.23. The number of hydrogen-bond donors (Lipinski definition) is 0. The predicted octanol–water partition coefficient (Wildman–Crippen LogP) is 2.45. The van der Waals surface area contributed by atoms with Gasteiger partial charge in [-0.15, -0.1) is 0 Å². The van der Waals surface area contributed by atoms with Gasteiger partial charge in [0.05, 0.1) is 17.1 Å². The van der Waals surface area contributed by atoms with Crippen molar-refractivity contribution >= 4 is 21.6 Å². The molecule has 1 amide bonds. The van der Waals surface area contributed by atoms with Crippen molar-refractivity contribution in [2.75, 3.05) is 44.2 Å². The number of amides is 1. The van der Waals surface area contributed by atoms with Crippen LogP contribution in [0.1, 0.15) is 24.2 Å². The molecule has 2 heterocycles. The lowest BCUT2D eigenvalue weighted by atomic mass is 10.1. The lowest BCUT2D eigenvalue weighted by Gasteiger charge is -2.36. The van der Waals surface area contributed by atoms with Crippen molar-refractivity contribution in [3.8, 4) is 0 Å². The van der Waals surface area contributed by atoms with E-state index in [1.54, 1.807) is 12.1 Å². The van der Waals surface area contributed by atoms with Gasteiger partial charge >= 0.3 is 0 Å². The summed E-state index contributed by atoms with van der Waals surface area (Å²) in [6, 6.07) is 16.5. The van der Waals surface area contributed by atoms with Crippen LogP contribution in [0.5, 0.6) is 0 Å². The Kier molecular flexibility index (Phi) is 6.31. The summed E-state index contributed by atoms with van der Waals surface area (Å²) >= 11 is 0. The zero-order valence-corrected chi connectivity index (χ0v) is 18.8. The number of carbonyl (C=O) groups is 1. The van der Waals surface area contributed by atoms with Gasteiger partial charge in [-0.05, 0) is 50.2 Å². The van der Waals surface area contributed by atoms with Crippen LogP contribution in [0.25, 0.3) is 0 Å². The molecule has 8 heteroatoms. The van der Waals surface area contributed by atoms with Crippen LogP contribution in [0.3, 0.4) is 0 Å². The van der Waals surface area contributed by atoms with Crippen LogP contribution in [-0.2, 0) is 14.8 Å². The number of carbonyl (C=O) groups excluding carboxylic acids is 1. The Bertz CT molecular complexity index is 993. The molecule has 7 nitrogen and oxygen atoms in total. The maximum Gasteiger partial charge on any atom is 0.253 e. The van der Waals surface area contributed by atoms with E-state index in [1.165, 1.54) is 16.4 Å². The van der Waals surface area contributed by atoms with Crippen molar-refractivity contribution in [1.29, 1.82) is 0 Å². The highest BCUT2D eigenvalue weighted by atomic mass is 32.2. The Morgan fingerprint density at radius 2 is 1.45 bits per heavy atom. The molecule has 0 unspecified atom stereocenters. The quantitative estimate of drug-likeness (QED) is 0.726. The molecule has 0 bridgehead atoms. The molecule has 2 aromatic carbocycles. The van der Waals surface area contributed by atoms with Gasteiger partial charge in [-0.3, -0.25) is 4.79 Å². The third kappa shape index (κ3) is 4.76. The van der Waals surface area contributed by atoms with Crippen molar-refractivity contribution in [2.45, 2.75) is 31.0 Å². The summed E-state index contributed by atoms with van der Waals surface area (Å²) in [5.41, 5.74) is 1.67. The summed E-state index contributed by atoms with van der Waals surface area (Å²) < 4.78 is 33.1. The molecule has 0 aliphatic carbocycles. The number of sulfonamides is 1. The van der Waals surface area contributed by atoms with Gasteiger partial charge in [0.25, 0.3) is 5.91 Å². The number of benzene rings is 2. The second-order valence-electron chi connectivity index (χ2n) is 8.22. The number of nitrogens with zero attached hydrogens (tertiary/aromatic N) is 3. The van der Waals surface area contributed by atoms with E-state index in [9.17, 15) is 13.2 Å². The third-order valence-electron chi connectivity index (χ3n) is 5.81. The first-order chi connectivity index (χ1) is 14.8. The van der Waals surface area contributed by atoms with Crippen molar-refractivity contribution in [2.24, 2.45) is 0 Å². The van der Waals surface area contributed by atoms with Gasteiger partial charge < -0.3 is 14.5 Å². The van der Waals surface area contributed by atoms with E-state index >= 15 is 0 Å². The second kappa shape index (κ2) is 8.98. The van der Waals surface area contributed by atoms with E-state index in [0.717, 1.165) is 18.8 Å². The van der Waals surface area contributed by atoms with Gasteiger partial charge in [-0.2, -0.15) is 4.31 Å². The summed E-state index contributed by atoms with van der Waals surface area (Å²) in [7, 11) is -3.61. The van der Waals surface area contributed by atoms with Crippen LogP contribution in [0.2, 0.25) is 0 Å². The topological polar surface area (TPSA) is 70.2 Å². The number of piperazine rings is 1. The molecule has 2 saturated heterocycles. The van der Waals surface area contributed by atoms with Crippen LogP contribution in [-0.4, -0.2) is 75.0 Å². The van der Waals surface area contributed by atoms with Crippen LogP contribution >= 0.6 is 0 Å². The molecule has 2 atom stereocenters. The molecular weight excluding hydrogens is 414 g/mol. The zero-order chi connectivity index (χ0) is 22.0. The lowest BCUT2D eigenvalue weighted by molar-refractivity contribution is -0.0440. The lowest BCUT2D eigenvalue weighted by Crippen LogP contribution is -2.48. The molecule has 0 saturated carbocycles. The molecule has 4 rings (SSSR count). The van der Waals surface area contributed by atoms with Gasteiger partial charge in [-0.25, -0.2) is 8.42 Å². The molecule has 0 N–H and O–H groups in total. The number of para-hydroxylation sites is 1. The molecule has 2 aromatic rings. The number of hydrogen-bond acceptors (Lipinski definition) is 5. The van der Waals surface area contributed by atoms with Crippen molar-refractivity contribution in [3.63, 3.8) is 0 Å². The maximum atomic E-state index is 13.0. The highest BCUT2D eigenvalue weighted by molar-refractivity contribution is 7.89. The maximum absolute atomic E-state index is 13.0. The first-order valence-electron chi connectivity index (χ1n) is 10.7. The summed E-state index contributed by atoms with van der Waals surface area (Å²) in [5, 5.41) is 0. The second-order valence-corrected chi connectivity index (χ2v) is 10.2. The molecule has 0 radical (unpaired) electrons. The Morgan fingerprint density at radius 3 is 2.03 bits per heavy atom. The molecule has 166 valence electrons. The minimum absolute atomic E-state index is 0.0646. The average molecular weight is 444 g/mol. The SMILES string of the molecule is C[C@@H]1CN(S(=O)(=O)c2ccc(C(=O)N3CCN(c4ccccc4)CC3)cc2)C[C@H](C)O1. The van der Waals surface area contributed by atoms with Gasteiger partial charge in [0.15, 0.2) is 0 Å². The number of morpholine rings is 1. The first-order valence-corrected chi connectivity index (χ1v) is 12.1. The van der Waals surface area contributed by atoms with Crippen LogP contribution in [0, 0.1) is 0 Å². The molecule has 2 fully saturated rings. The molecular formula is C23H29N3O4S. The van der Waals surface area contributed by atoms with E-state index in [2.05, 4.69) is 17.0 Å². The summed E-state index contributed by atoms with van der Waals surface area (Å²) in [6.45, 7) is 7.23. The Balaban J connectivity index is 1.41. The summed E-state index contributed by atoms with van der Waals surface area (Å²) in [4.78, 5) is 17.2. The van der Waals surface area contributed by atoms with Gasteiger partial charge in [-0.1, -0.05) is 18.2 Å². The number of anilines is 1. The van der Waals surface area contributed by atoms with Gasteiger partial charge in [0, 0.05) is 50.5 Å². The number of rotatable bonds is 4. The molecule has 31 heavy (non-hydrogen) atoms. The largest absolute Gasteiger partial charge is 0.373 e. The van der Waals surface area contributed by atoms with E-state index in [-0.39, 0.29) is 23.0 Å². The van der Waals surface area contributed by atoms with Crippen molar-refractivity contribution in [1.82, 2.24) is 9.21 Å². The molecule has 2 aliphatic rings. The highest BCUT2D eigenvalue weighted by Crippen LogP contribution is 2.22. The Labute approximate surface area is 184 Å². The Hall–Kier alpha value is -2.42. The molecule has 0 spiro atoms. The average Bonchev–Trinajstić information content (AvgIpc) is 2.79. The standard InChI is InChI=1S/C23H29N3O4S/c1-18-16-26(17-19(2)30-18)31(28,29)22-10-8-20(9-11-22)23(27)25-14-12-24(13-15-25)21-6-4-3-5-7-21/h3-11,18-19H,12-17H2,1-2H3/t18-,19+. The molecule has 0 aromatic heterocycles. The van der Waals surface area contributed by atoms with Crippen molar-refractivity contribution < 1.29 is 17.9 Å². The fourth-order valence-corrected chi connectivity index (χ4v) is 5.83. The van der Waals surface area contributed by atoms with Gasteiger partial charge in [0.1, 0.15) is 0 Å². The van der Waals surface area contributed by atoms with Crippen molar-refractivity contribution in [3.05, 3.63) is 60.2 Å². The summed E-state index contributed by atoms with van der Waals surface area (Å²) in [5.74, 6) is -0.0646. The first kappa shape index (κ1) is 21.8. The molecule has 2 aliphatic heterocycles. The van der Waals surface area contributed by atoms with E-state index in [1.807, 2.05) is 36.9 Å². The monoisotopic (exact) mass is 443 g/mol. The van der Waals surface area contributed by atoms with E-state index in [0.29, 0.717) is 31.7 Å². The van der Waals surface area contributed by atoms with Crippen LogP contribution < -0.4 is 4.90 Å². The summed E-state index contributed by atoms with van der Waals surface area (Å²) in [6.07, 6.45) is -0.289. The fraction of sp³-hybridized carbons (Fsp3) is 0.435. The normalized spacial score (nSPS) is 23.0. The highest BCUT2D eigenvalue weighted by Gasteiger charge is 2.32. The smallest absolute Gasteiger partial charge is 0.253 e. The number of ether oxygens (including phenoxy) is 1. The minimum atomic E-state index is -3.61.